The summed E-state index contributed by atoms with van der Waals surface area (Å²) in [6.07, 6.45) is 0. The van der Waals surface area contributed by atoms with E-state index in [2.05, 4.69) is 21.3 Å². The van der Waals surface area contributed by atoms with Crippen LogP contribution in [0.3, 0.4) is 0 Å². The second kappa shape index (κ2) is 5.83. The SMILES string of the molecule is Cc1cccc(C#N)c1N1CCN(CNO)CC1. The molecular weight excluding hydrogens is 228 g/mol. The van der Waals surface area contributed by atoms with Gasteiger partial charge in [-0.25, -0.2) is 0 Å². The van der Waals surface area contributed by atoms with Gasteiger partial charge < -0.3 is 10.1 Å². The van der Waals surface area contributed by atoms with E-state index in [-0.39, 0.29) is 0 Å². The second-order valence-electron chi connectivity index (χ2n) is 4.50. The first-order valence-corrected chi connectivity index (χ1v) is 6.10. The summed E-state index contributed by atoms with van der Waals surface area (Å²) < 4.78 is 0. The van der Waals surface area contributed by atoms with E-state index < -0.39 is 0 Å². The van der Waals surface area contributed by atoms with Gasteiger partial charge in [-0.1, -0.05) is 12.1 Å². The highest BCUT2D eigenvalue weighted by atomic mass is 16.5. The van der Waals surface area contributed by atoms with Crippen molar-refractivity contribution in [2.75, 3.05) is 37.7 Å². The molecule has 0 spiro atoms. The van der Waals surface area contributed by atoms with E-state index in [1.165, 1.54) is 0 Å². The Kier molecular flexibility index (Phi) is 4.15. The molecule has 1 aliphatic heterocycles. The molecule has 0 atom stereocenters. The lowest BCUT2D eigenvalue weighted by Crippen LogP contribution is -2.49. The van der Waals surface area contributed by atoms with E-state index in [0.29, 0.717) is 6.67 Å². The van der Waals surface area contributed by atoms with Crippen molar-refractivity contribution in [3.63, 3.8) is 0 Å². The third kappa shape index (κ3) is 2.62. The average molecular weight is 246 g/mol. The number of hydroxylamine groups is 1. The Hall–Kier alpha value is -1.61. The summed E-state index contributed by atoms with van der Waals surface area (Å²) in [4.78, 5) is 4.39. The minimum absolute atomic E-state index is 0.493. The van der Waals surface area contributed by atoms with Crippen molar-refractivity contribution < 1.29 is 5.21 Å². The number of nitriles is 1. The maximum Gasteiger partial charge on any atom is 0.101 e. The van der Waals surface area contributed by atoms with Crippen LogP contribution in [0.1, 0.15) is 11.1 Å². The highest BCUT2D eigenvalue weighted by molar-refractivity contribution is 5.64. The topological polar surface area (TPSA) is 62.5 Å². The van der Waals surface area contributed by atoms with Gasteiger partial charge in [-0.15, -0.1) is 0 Å². The molecule has 1 fully saturated rings. The summed E-state index contributed by atoms with van der Waals surface area (Å²) in [5, 5.41) is 17.9. The molecular formula is C13H18N4O. The molecule has 96 valence electrons. The molecule has 2 rings (SSSR count). The Labute approximate surface area is 107 Å². The molecule has 0 saturated carbocycles. The maximum atomic E-state index is 9.18. The molecule has 1 heterocycles. The lowest BCUT2D eigenvalue weighted by molar-refractivity contribution is 0.0944. The van der Waals surface area contributed by atoms with Crippen LogP contribution in [0, 0.1) is 18.3 Å². The van der Waals surface area contributed by atoms with Gasteiger partial charge in [0.15, 0.2) is 0 Å². The van der Waals surface area contributed by atoms with Gasteiger partial charge in [-0.2, -0.15) is 10.7 Å². The molecule has 1 aromatic carbocycles. The monoisotopic (exact) mass is 246 g/mol. The Morgan fingerprint density at radius 1 is 1.33 bits per heavy atom. The van der Waals surface area contributed by atoms with Crippen molar-refractivity contribution in [2.24, 2.45) is 0 Å². The van der Waals surface area contributed by atoms with Crippen molar-refractivity contribution in [1.29, 1.82) is 5.26 Å². The fraction of sp³-hybridized carbons (Fsp3) is 0.462. The van der Waals surface area contributed by atoms with Crippen LogP contribution in [-0.2, 0) is 0 Å². The molecule has 0 bridgehead atoms. The molecule has 18 heavy (non-hydrogen) atoms. The number of benzene rings is 1. The van der Waals surface area contributed by atoms with Gasteiger partial charge in [-0.3, -0.25) is 4.90 Å². The predicted octanol–water partition coefficient (Wildman–Crippen LogP) is 0.925. The average Bonchev–Trinajstić information content (AvgIpc) is 2.40. The van der Waals surface area contributed by atoms with E-state index in [0.717, 1.165) is 43.0 Å². The zero-order valence-corrected chi connectivity index (χ0v) is 10.6. The molecule has 1 saturated heterocycles. The Morgan fingerprint density at radius 2 is 2.06 bits per heavy atom. The summed E-state index contributed by atoms with van der Waals surface area (Å²) in [6, 6.07) is 8.09. The summed E-state index contributed by atoms with van der Waals surface area (Å²) in [5.41, 5.74) is 5.11. The summed E-state index contributed by atoms with van der Waals surface area (Å²) >= 11 is 0. The molecule has 1 aromatic rings. The standard InChI is InChI=1S/C13H18N4O/c1-11-3-2-4-12(9-14)13(11)17-7-5-16(6-8-17)10-15-18/h2-4,15,18H,5-8,10H2,1H3. The highest BCUT2D eigenvalue weighted by Gasteiger charge is 2.20. The third-order valence-electron chi connectivity index (χ3n) is 3.34. The van der Waals surface area contributed by atoms with Crippen LogP contribution in [0.2, 0.25) is 0 Å². The van der Waals surface area contributed by atoms with E-state index in [4.69, 9.17) is 5.21 Å². The molecule has 5 nitrogen and oxygen atoms in total. The number of hydrogen-bond donors (Lipinski definition) is 2. The minimum atomic E-state index is 0.493. The summed E-state index contributed by atoms with van der Waals surface area (Å²) in [5.74, 6) is 0. The van der Waals surface area contributed by atoms with Gasteiger partial charge in [-0.05, 0) is 18.6 Å². The maximum absolute atomic E-state index is 9.18. The molecule has 2 N–H and O–H groups in total. The van der Waals surface area contributed by atoms with Gasteiger partial charge in [0, 0.05) is 26.2 Å². The molecule has 0 radical (unpaired) electrons. The Bertz CT molecular complexity index is 447. The van der Waals surface area contributed by atoms with E-state index in [1.807, 2.05) is 25.1 Å². The fourth-order valence-electron chi connectivity index (χ4n) is 2.40. The third-order valence-corrected chi connectivity index (χ3v) is 3.34. The van der Waals surface area contributed by atoms with Crippen molar-refractivity contribution in [3.8, 4) is 6.07 Å². The van der Waals surface area contributed by atoms with Crippen molar-refractivity contribution >= 4 is 5.69 Å². The first kappa shape index (κ1) is 12.8. The first-order valence-electron chi connectivity index (χ1n) is 6.10. The lowest BCUT2D eigenvalue weighted by Gasteiger charge is -2.36. The van der Waals surface area contributed by atoms with E-state index in [9.17, 15) is 5.26 Å². The Balaban J connectivity index is 2.13. The number of piperazine rings is 1. The number of rotatable bonds is 3. The van der Waals surface area contributed by atoms with Crippen LogP contribution in [0.4, 0.5) is 5.69 Å². The van der Waals surface area contributed by atoms with Crippen molar-refractivity contribution in [3.05, 3.63) is 29.3 Å². The van der Waals surface area contributed by atoms with Crippen molar-refractivity contribution in [1.82, 2.24) is 10.4 Å². The molecule has 1 aliphatic rings. The van der Waals surface area contributed by atoms with Crippen molar-refractivity contribution in [2.45, 2.75) is 6.92 Å². The first-order chi connectivity index (χ1) is 8.76. The normalized spacial score (nSPS) is 16.6. The predicted molar refractivity (Wildman–Crippen MR) is 69.5 cm³/mol. The van der Waals surface area contributed by atoms with Crippen LogP contribution >= 0.6 is 0 Å². The van der Waals surface area contributed by atoms with Crippen LogP contribution < -0.4 is 10.4 Å². The number of aryl methyl sites for hydroxylation is 1. The Morgan fingerprint density at radius 3 is 2.67 bits per heavy atom. The smallest absolute Gasteiger partial charge is 0.101 e. The van der Waals surface area contributed by atoms with Gasteiger partial charge in [0.1, 0.15) is 6.07 Å². The molecule has 0 aromatic heterocycles. The minimum Gasteiger partial charge on any atom is -0.368 e. The number of anilines is 1. The van der Waals surface area contributed by atoms with E-state index in [1.54, 1.807) is 0 Å². The van der Waals surface area contributed by atoms with Gasteiger partial charge in [0.25, 0.3) is 0 Å². The van der Waals surface area contributed by atoms with Crippen LogP contribution in [-0.4, -0.2) is 43.0 Å². The summed E-state index contributed by atoms with van der Waals surface area (Å²) in [7, 11) is 0. The molecule has 0 aliphatic carbocycles. The lowest BCUT2D eigenvalue weighted by atomic mass is 10.1. The number of nitrogens with one attached hydrogen (secondary N) is 1. The van der Waals surface area contributed by atoms with Gasteiger partial charge in [0.2, 0.25) is 0 Å². The molecule has 5 heteroatoms. The fourth-order valence-corrected chi connectivity index (χ4v) is 2.40. The van der Waals surface area contributed by atoms with Crippen LogP contribution in [0.5, 0.6) is 0 Å². The second-order valence-corrected chi connectivity index (χ2v) is 4.50. The molecule has 0 amide bonds. The van der Waals surface area contributed by atoms with E-state index >= 15 is 0 Å². The van der Waals surface area contributed by atoms with Gasteiger partial charge >= 0.3 is 0 Å². The largest absolute Gasteiger partial charge is 0.368 e. The molecule has 0 unspecified atom stereocenters. The van der Waals surface area contributed by atoms with Gasteiger partial charge in [0.05, 0.1) is 17.9 Å². The quantitative estimate of drug-likeness (QED) is 0.777. The zero-order valence-electron chi connectivity index (χ0n) is 10.6. The zero-order chi connectivity index (χ0) is 13.0. The van der Waals surface area contributed by atoms with Crippen LogP contribution in [0.25, 0.3) is 0 Å². The number of hydrogen-bond acceptors (Lipinski definition) is 5. The highest BCUT2D eigenvalue weighted by Crippen LogP contribution is 2.25. The number of nitrogens with zero attached hydrogens (tertiary/aromatic N) is 3. The van der Waals surface area contributed by atoms with Crippen LogP contribution in [0.15, 0.2) is 18.2 Å². The summed E-state index contributed by atoms with van der Waals surface area (Å²) in [6.45, 7) is 6.05. The number of para-hydroxylation sites is 1.